The molecule has 2 aromatic heterocycles. The van der Waals surface area contributed by atoms with Crippen LogP contribution in [0.3, 0.4) is 0 Å². The first kappa shape index (κ1) is 20.3. The first-order chi connectivity index (χ1) is 46.0. The lowest BCUT2D eigenvalue weighted by molar-refractivity contribution is 0.590. The highest BCUT2D eigenvalue weighted by Gasteiger charge is 2.46. The number of para-hydroxylation sites is 5. The molecule has 9 aromatic carbocycles. The Labute approximate surface area is 445 Å². The highest BCUT2D eigenvalue weighted by atomic mass is 16.3. The summed E-state index contributed by atoms with van der Waals surface area (Å²) in [7, 11) is 0. The molecule has 69 heavy (non-hydrogen) atoms. The van der Waals surface area contributed by atoms with Crippen molar-refractivity contribution in [2.45, 2.75) is 59.3 Å². The molecule has 0 unspecified atom stereocenters. The molecule has 0 radical (unpaired) electrons. The Morgan fingerprint density at radius 1 is 0.478 bits per heavy atom. The predicted octanol–water partition coefficient (Wildman–Crippen LogP) is 15.5. The quantitative estimate of drug-likeness (QED) is 0.164. The third-order valence-electron chi connectivity index (χ3n) is 12.7. The zero-order chi connectivity index (χ0) is 72.8. The van der Waals surface area contributed by atoms with Crippen LogP contribution < -0.4 is 31.1 Å². The van der Waals surface area contributed by atoms with Gasteiger partial charge in [-0.2, -0.15) is 0 Å². The average molecular weight is 921 g/mol. The van der Waals surface area contributed by atoms with E-state index in [1.54, 1.807) is 41.5 Å². The molecule has 3 aliphatic rings. The fourth-order valence-electron chi connectivity index (χ4n) is 9.59. The molecule has 0 saturated carbocycles. The molecule has 5 heterocycles. The van der Waals surface area contributed by atoms with Crippen molar-refractivity contribution in [1.29, 1.82) is 0 Å². The van der Waals surface area contributed by atoms with Crippen LogP contribution in [0.4, 0.5) is 51.2 Å². The molecule has 6 heteroatoms. The molecule has 14 rings (SSSR count). The molecule has 0 saturated heterocycles. The molecular weight excluding hydrogens is 840 g/mol. The van der Waals surface area contributed by atoms with Gasteiger partial charge in [0, 0.05) is 55.7 Å². The molecule has 0 amide bonds. The van der Waals surface area contributed by atoms with Crippen molar-refractivity contribution < 1.29 is 45.5 Å². The summed E-state index contributed by atoms with van der Waals surface area (Å²) in [6, 6.07) is -25.3. The van der Waals surface area contributed by atoms with Gasteiger partial charge in [0.25, 0.3) is 6.71 Å². The monoisotopic (exact) mass is 921 g/mol. The summed E-state index contributed by atoms with van der Waals surface area (Å²) >= 11 is 0. The number of nitrogens with zero attached hydrogens (tertiary/aromatic N) is 4. The molecule has 3 aliphatic heterocycles. The fraction of sp³-hybridized carbons (Fsp3) is 0.143. The highest BCUT2D eigenvalue weighted by Crippen LogP contribution is 2.53. The van der Waals surface area contributed by atoms with Gasteiger partial charge < -0.3 is 23.7 Å². The molecular formula is C63H51BN4O. The number of benzene rings is 9. The first-order valence-electron chi connectivity index (χ1n) is 37.0. The van der Waals surface area contributed by atoms with E-state index < -0.39 is 300 Å². The van der Waals surface area contributed by atoms with Crippen molar-refractivity contribution in [3.05, 3.63) is 198 Å². The molecule has 0 bridgehead atoms. The number of furan rings is 1. The van der Waals surface area contributed by atoms with E-state index in [2.05, 4.69) is 0 Å². The molecule has 11 aromatic rings. The predicted molar refractivity (Wildman–Crippen MR) is 292 cm³/mol. The van der Waals surface area contributed by atoms with Crippen LogP contribution >= 0.6 is 0 Å². The highest BCUT2D eigenvalue weighted by molar-refractivity contribution is 7.00. The van der Waals surface area contributed by atoms with Crippen molar-refractivity contribution in [3.63, 3.8) is 0 Å². The summed E-state index contributed by atoms with van der Waals surface area (Å²) in [5, 5.41) is -1.76. The Hall–Kier alpha value is -7.96. The summed E-state index contributed by atoms with van der Waals surface area (Å²) in [6.45, 7) is 8.87. The summed E-state index contributed by atoms with van der Waals surface area (Å²) in [5.41, 5.74) is -13.2. The number of hydrogen-bond acceptors (Lipinski definition) is 4. The number of rotatable bonds is 4. The minimum atomic E-state index is -2.04. The third-order valence-corrected chi connectivity index (χ3v) is 12.7. The Morgan fingerprint density at radius 3 is 1.77 bits per heavy atom. The number of aromatic nitrogens is 1. The number of anilines is 9. The maximum absolute atomic E-state index is 11.1. The third kappa shape index (κ3) is 5.66. The van der Waals surface area contributed by atoms with Crippen LogP contribution in [0.2, 0.25) is 0 Å². The molecule has 0 atom stereocenters. The molecule has 0 fully saturated rings. The molecule has 0 N–H and O–H groups in total. The number of fused-ring (bicyclic) bond motifs is 12. The molecule has 332 valence electrons. The van der Waals surface area contributed by atoms with E-state index in [4.69, 9.17) is 11.3 Å². The Morgan fingerprint density at radius 2 is 1.06 bits per heavy atom. The summed E-state index contributed by atoms with van der Waals surface area (Å²) in [6.07, 6.45) is 0. The van der Waals surface area contributed by atoms with Gasteiger partial charge in [-0.3, -0.25) is 0 Å². The lowest BCUT2D eigenvalue weighted by Crippen LogP contribution is -2.61. The standard InChI is InChI=1S/C63H51BN4O/c1-38-35-55-58-56(36-38)68-51-21-12-17-46-44-15-8-10-20-50(44)67(59(46)51)52-22-14-19-49(60(52)68)64(58)48-34-33-43(37-54(48)66(55)53-23-13-18-47-45-16-9-11-24-57(45)69-61(47)53)65(41-29-25-39(26-30-41)62(2,3)4)42-31-27-40(28-32-42)63(5,6)7/h8-37H,1-7H3/i8D,9D,10D,11D,12D,13D,14D,15D,16D,17D,18D,19D,20D,21D,22D,23D,24D,25D,26D,27D,28D,29D,30D,31D,32D,33D,34D,35D,36D,37D. The van der Waals surface area contributed by atoms with Crippen LogP contribution in [0.5, 0.6) is 0 Å². The van der Waals surface area contributed by atoms with Crippen molar-refractivity contribution in [2.75, 3.05) is 14.7 Å². The zero-order valence-corrected chi connectivity index (χ0v) is 37.8. The van der Waals surface area contributed by atoms with E-state index in [0.717, 1.165) is 14.4 Å². The van der Waals surface area contributed by atoms with Crippen LogP contribution in [-0.4, -0.2) is 11.3 Å². The SMILES string of the molecule is [2H]c1c([2H])c2c3c(c1[2H])-n1c4c([2H])c([2H])c([2H])c([2H])c4c4c([2H])c([2H])c([2H])c(c41)N3c1c([2H])c(C)c([2H])c3c1B2c1c([2H])c([2H])c(N(c2c([2H])c([2H])c(C(C)(C)C)c([2H])c2[2H])c2c([2H])c([2H])c(C(C)(C)C)c([2H])c2[2H])c([2H])c1N3c1c([2H])c([2H])c([2H])c2c1oc1c([2H])c([2H])c([2H])c([2H])c12. The van der Waals surface area contributed by atoms with Crippen LogP contribution in [0.15, 0.2) is 186 Å². The maximum Gasteiger partial charge on any atom is 0.252 e. The van der Waals surface area contributed by atoms with Gasteiger partial charge in [0.2, 0.25) is 0 Å². The van der Waals surface area contributed by atoms with Crippen LogP contribution in [0.25, 0.3) is 49.4 Å². The van der Waals surface area contributed by atoms with Crippen molar-refractivity contribution in [3.8, 4) is 5.69 Å². The van der Waals surface area contributed by atoms with E-state index in [1.165, 1.54) is 6.92 Å². The van der Waals surface area contributed by atoms with E-state index in [0.29, 0.717) is 4.90 Å². The largest absolute Gasteiger partial charge is 0.454 e. The topological polar surface area (TPSA) is 27.8 Å². The molecule has 5 nitrogen and oxygen atoms in total. The van der Waals surface area contributed by atoms with Gasteiger partial charge in [0.1, 0.15) is 5.58 Å². The van der Waals surface area contributed by atoms with Gasteiger partial charge in [-0.25, -0.2) is 0 Å². The Bertz CT molecular complexity index is 5630. The lowest BCUT2D eigenvalue weighted by atomic mass is 9.33. The molecule has 0 aliphatic carbocycles. The van der Waals surface area contributed by atoms with Crippen LogP contribution in [-0.2, 0) is 10.8 Å². The second-order valence-corrected chi connectivity index (χ2v) is 19.1. The van der Waals surface area contributed by atoms with Gasteiger partial charge in [-0.1, -0.05) is 144 Å². The summed E-state index contributed by atoms with van der Waals surface area (Å²) < 4.78 is 298. The van der Waals surface area contributed by atoms with E-state index >= 15 is 0 Å². The van der Waals surface area contributed by atoms with Gasteiger partial charge in [-0.05, 0) is 129 Å². The smallest absolute Gasteiger partial charge is 0.252 e. The average Bonchev–Trinajstić information content (AvgIpc) is 1.65. The van der Waals surface area contributed by atoms with Crippen molar-refractivity contribution in [1.82, 2.24) is 4.57 Å². The summed E-state index contributed by atoms with van der Waals surface area (Å²) in [4.78, 5) is 2.65. The van der Waals surface area contributed by atoms with Crippen LogP contribution in [0, 0.1) is 6.92 Å². The minimum Gasteiger partial charge on any atom is -0.454 e. The lowest BCUT2D eigenvalue weighted by Gasteiger charge is -2.46. The minimum absolute atomic E-state index is 0.150. The first-order valence-corrected chi connectivity index (χ1v) is 22.0. The zero-order valence-electron chi connectivity index (χ0n) is 67.8. The van der Waals surface area contributed by atoms with E-state index in [-0.39, 0.29) is 33.0 Å². The van der Waals surface area contributed by atoms with Gasteiger partial charge in [0.15, 0.2) is 5.58 Å². The second kappa shape index (κ2) is 14.1. The van der Waals surface area contributed by atoms with Crippen molar-refractivity contribution in [2.24, 2.45) is 0 Å². The van der Waals surface area contributed by atoms with Crippen LogP contribution in [0.1, 0.15) is 99.4 Å². The number of hydrogen-bond donors (Lipinski definition) is 0. The van der Waals surface area contributed by atoms with Gasteiger partial charge in [0.05, 0.1) is 74.9 Å². The fourth-order valence-corrected chi connectivity index (χ4v) is 9.59. The van der Waals surface area contributed by atoms with E-state index in [1.807, 2.05) is 0 Å². The Balaban J connectivity index is 1.27. The normalized spacial score (nSPS) is 19.7. The Kier molecular flexibility index (Phi) is 4.14. The van der Waals surface area contributed by atoms with Crippen molar-refractivity contribution >= 4 is 118 Å². The summed E-state index contributed by atoms with van der Waals surface area (Å²) in [5.74, 6) is 0. The van der Waals surface area contributed by atoms with Gasteiger partial charge >= 0.3 is 0 Å². The van der Waals surface area contributed by atoms with Gasteiger partial charge in [-0.15, -0.1) is 0 Å². The second-order valence-electron chi connectivity index (χ2n) is 19.1. The maximum atomic E-state index is 11.1. The van der Waals surface area contributed by atoms with E-state index in [9.17, 15) is 34.3 Å². The molecule has 0 spiro atoms.